The molecule has 0 aliphatic heterocycles. The molecule has 0 spiro atoms. The van der Waals surface area contributed by atoms with Crippen molar-refractivity contribution in [3.63, 3.8) is 0 Å². The molecule has 0 bridgehead atoms. The molecule has 1 aromatic rings. The Kier molecular flexibility index (Phi) is 5.67. The summed E-state index contributed by atoms with van der Waals surface area (Å²) in [7, 11) is 1.84. The normalized spacial score (nSPS) is 12.3. The molecular weight excluding hydrogens is 246 g/mol. The number of carbonyl (C=O) groups excluding carboxylic acids is 1. The van der Waals surface area contributed by atoms with Crippen molar-refractivity contribution in [2.24, 2.45) is 0 Å². The molecule has 0 fully saturated rings. The van der Waals surface area contributed by atoms with Gasteiger partial charge < -0.3 is 4.90 Å². The lowest BCUT2D eigenvalue weighted by molar-refractivity contribution is -0.129. The highest BCUT2D eigenvalue weighted by atomic mass is 35.5. The number of alkyl halides is 1. The van der Waals surface area contributed by atoms with E-state index in [1.807, 2.05) is 20.0 Å². The second kappa shape index (κ2) is 6.79. The molecule has 1 rings (SSSR count). The second-order valence-electron chi connectivity index (χ2n) is 4.98. The maximum atomic E-state index is 12.0. The molecule has 1 unspecified atom stereocenters. The van der Waals surface area contributed by atoms with Crippen LogP contribution in [0.5, 0.6) is 0 Å². The highest BCUT2D eigenvalue weighted by Gasteiger charge is 2.10. The van der Waals surface area contributed by atoms with Gasteiger partial charge in [-0.15, -0.1) is 11.6 Å². The summed E-state index contributed by atoms with van der Waals surface area (Å²) < 4.78 is 0. The molecule has 0 N–H and O–H groups in total. The van der Waals surface area contributed by atoms with Crippen molar-refractivity contribution < 1.29 is 4.79 Å². The van der Waals surface area contributed by atoms with Crippen molar-refractivity contribution in [1.29, 1.82) is 0 Å². The smallest absolute Gasteiger partial charge is 0.226 e. The van der Waals surface area contributed by atoms with Crippen LogP contribution in [-0.2, 0) is 11.2 Å². The summed E-state index contributed by atoms with van der Waals surface area (Å²) in [6, 6.07) is 6.18. The molecule has 1 amide bonds. The van der Waals surface area contributed by atoms with Crippen LogP contribution in [0.3, 0.4) is 0 Å². The van der Waals surface area contributed by atoms with E-state index in [-0.39, 0.29) is 11.3 Å². The number of likely N-dealkylation sites (N-methyl/N-ethyl adjacent to an activating group) is 1. The summed E-state index contributed by atoms with van der Waals surface area (Å²) in [5.41, 5.74) is 3.57. The third-order valence-electron chi connectivity index (χ3n) is 3.21. The number of halogens is 1. The molecule has 0 saturated heterocycles. The molecule has 0 radical (unpaired) electrons. The molecule has 0 aromatic heterocycles. The van der Waals surface area contributed by atoms with Gasteiger partial charge in [0, 0.05) is 19.0 Å². The van der Waals surface area contributed by atoms with E-state index in [0.717, 1.165) is 12.0 Å². The minimum Gasteiger partial charge on any atom is -0.345 e. The van der Waals surface area contributed by atoms with Crippen LogP contribution in [0.25, 0.3) is 0 Å². The monoisotopic (exact) mass is 267 g/mol. The molecule has 0 heterocycles. The first-order chi connectivity index (χ1) is 8.40. The van der Waals surface area contributed by atoms with E-state index in [1.165, 1.54) is 11.1 Å². The van der Waals surface area contributed by atoms with Gasteiger partial charge in [0.2, 0.25) is 5.91 Å². The number of benzene rings is 1. The first kappa shape index (κ1) is 15.0. The minimum atomic E-state index is 0.113. The summed E-state index contributed by atoms with van der Waals surface area (Å²) >= 11 is 5.89. The van der Waals surface area contributed by atoms with Crippen LogP contribution < -0.4 is 0 Å². The van der Waals surface area contributed by atoms with Gasteiger partial charge in [-0.2, -0.15) is 0 Å². The molecule has 1 aromatic carbocycles. The third kappa shape index (κ3) is 4.69. The molecule has 2 nitrogen and oxygen atoms in total. The summed E-state index contributed by atoms with van der Waals surface area (Å²) in [6.45, 7) is 6.81. The fraction of sp³-hybridized carbons (Fsp3) is 0.533. The highest BCUT2D eigenvalue weighted by molar-refractivity contribution is 6.20. The number of hydrogen-bond donors (Lipinski definition) is 0. The topological polar surface area (TPSA) is 20.3 Å². The van der Waals surface area contributed by atoms with Crippen molar-refractivity contribution >= 4 is 17.5 Å². The zero-order chi connectivity index (χ0) is 13.7. The van der Waals surface area contributed by atoms with E-state index in [0.29, 0.717) is 13.0 Å². The number of amides is 1. The zero-order valence-electron chi connectivity index (χ0n) is 11.7. The van der Waals surface area contributed by atoms with Gasteiger partial charge in [-0.3, -0.25) is 4.79 Å². The van der Waals surface area contributed by atoms with Gasteiger partial charge in [0.05, 0.1) is 6.42 Å². The number of rotatable bonds is 5. The standard InChI is InChI=1S/C15H22ClNO/c1-11-5-6-14(9-12(11)2)10-15(18)17(4)8-7-13(3)16/h5-6,9,13H,7-8,10H2,1-4H3. The molecule has 18 heavy (non-hydrogen) atoms. The highest BCUT2D eigenvalue weighted by Crippen LogP contribution is 2.11. The Bertz CT molecular complexity index is 415. The molecule has 0 saturated carbocycles. The lowest BCUT2D eigenvalue weighted by Crippen LogP contribution is -2.30. The average molecular weight is 268 g/mol. The minimum absolute atomic E-state index is 0.113. The molecule has 1 atom stereocenters. The van der Waals surface area contributed by atoms with Crippen LogP contribution in [0, 0.1) is 13.8 Å². The molecule has 3 heteroatoms. The number of carbonyl (C=O) groups is 1. The SMILES string of the molecule is Cc1ccc(CC(=O)N(C)CCC(C)Cl)cc1C. The number of aryl methyl sites for hydroxylation is 2. The van der Waals surface area contributed by atoms with Crippen molar-refractivity contribution in [3.8, 4) is 0 Å². The Hall–Kier alpha value is -1.02. The van der Waals surface area contributed by atoms with E-state index in [2.05, 4.69) is 26.0 Å². The van der Waals surface area contributed by atoms with Crippen LogP contribution in [0.15, 0.2) is 18.2 Å². The van der Waals surface area contributed by atoms with Crippen LogP contribution in [0.1, 0.15) is 30.0 Å². The van der Waals surface area contributed by atoms with Gasteiger partial charge in [0.15, 0.2) is 0 Å². The fourth-order valence-corrected chi connectivity index (χ4v) is 1.82. The van der Waals surface area contributed by atoms with E-state index in [1.54, 1.807) is 4.90 Å². The summed E-state index contributed by atoms with van der Waals surface area (Å²) in [4.78, 5) is 13.8. The first-order valence-electron chi connectivity index (χ1n) is 6.34. The van der Waals surface area contributed by atoms with Crippen LogP contribution in [0.2, 0.25) is 0 Å². The Morgan fingerprint density at radius 2 is 2.00 bits per heavy atom. The maximum Gasteiger partial charge on any atom is 0.226 e. The molecule has 0 aliphatic rings. The van der Waals surface area contributed by atoms with Crippen molar-refractivity contribution in [3.05, 3.63) is 34.9 Å². The lowest BCUT2D eigenvalue weighted by Gasteiger charge is -2.18. The Morgan fingerprint density at radius 1 is 1.33 bits per heavy atom. The average Bonchev–Trinajstić information content (AvgIpc) is 2.30. The number of nitrogens with zero attached hydrogens (tertiary/aromatic N) is 1. The van der Waals surface area contributed by atoms with Crippen LogP contribution in [0.4, 0.5) is 0 Å². The molecule has 100 valence electrons. The Labute approximate surface area is 115 Å². The van der Waals surface area contributed by atoms with E-state index in [4.69, 9.17) is 11.6 Å². The fourth-order valence-electron chi connectivity index (χ4n) is 1.72. The summed E-state index contributed by atoms with van der Waals surface area (Å²) in [5, 5.41) is 0.113. The largest absolute Gasteiger partial charge is 0.345 e. The molecule has 0 aliphatic carbocycles. The molecular formula is C15H22ClNO. The van der Waals surface area contributed by atoms with Crippen molar-refractivity contribution in [1.82, 2.24) is 4.90 Å². The summed E-state index contributed by atoms with van der Waals surface area (Å²) in [5.74, 6) is 0.149. The van der Waals surface area contributed by atoms with Gasteiger partial charge in [0.25, 0.3) is 0 Å². The predicted molar refractivity (Wildman–Crippen MR) is 77.2 cm³/mol. The van der Waals surface area contributed by atoms with Crippen molar-refractivity contribution in [2.45, 2.75) is 39.0 Å². The van der Waals surface area contributed by atoms with Gasteiger partial charge >= 0.3 is 0 Å². The lowest BCUT2D eigenvalue weighted by atomic mass is 10.0. The first-order valence-corrected chi connectivity index (χ1v) is 6.78. The predicted octanol–water partition coefficient (Wildman–Crippen LogP) is 3.32. The Balaban J connectivity index is 2.55. The quantitative estimate of drug-likeness (QED) is 0.750. The third-order valence-corrected chi connectivity index (χ3v) is 3.43. The van der Waals surface area contributed by atoms with Gasteiger partial charge in [-0.25, -0.2) is 0 Å². The van der Waals surface area contributed by atoms with Crippen LogP contribution in [-0.4, -0.2) is 29.8 Å². The Morgan fingerprint density at radius 3 is 2.56 bits per heavy atom. The van der Waals surface area contributed by atoms with E-state index < -0.39 is 0 Å². The van der Waals surface area contributed by atoms with Gasteiger partial charge in [-0.05, 0) is 43.9 Å². The maximum absolute atomic E-state index is 12.0. The van der Waals surface area contributed by atoms with Gasteiger partial charge in [0.1, 0.15) is 0 Å². The summed E-state index contributed by atoms with van der Waals surface area (Å²) in [6.07, 6.45) is 1.30. The van der Waals surface area contributed by atoms with E-state index in [9.17, 15) is 4.79 Å². The second-order valence-corrected chi connectivity index (χ2v) is 5.73. The van der Waals surface area contributed by atoms with Crippen LogP contribution >= 0.6 is 11.6 Å². The van der Waals surface area contributed by atoms with E-state index >= 15 is 0 Å². The zero-order valence-corrected chi connectivity index (χ0v) is 12.4. The number of hydrogen-bond acceptors (Lipinski definition) is 1. The van der Waals surface area contributed by atoms with Crippen molar-refractivity contribution in [2.75, 3.05) is 13.6 Å². The van der Waals surface area contributed by atoms with Gasteiger partial charge in [-0.1, -0.05) is 18.2 Å².